The molecule has 7 heteroatoms. The third kappa shape index (κ3) is 2.85. The normalized spacial score (nSPS) is 11.3. The van der Waals surface area contributed by atoms with Crippen LogP contribution in [-0.4, -0.2) is 26.0 Å². The van der Waals surface area contributed by atoms with E-state index in [2.05, 4.69) is 15.3 Å². The summed E-state index contributed by atoms with van der Waals surface area (Å²) in [5.74, 6) is 0. The van der Waals surface area contributed by atoms with Gasteiger partial charge in [-0.25, -0.2) is 4.68 Å². The fourth-order valence-electron chi connectivity index (χ4n) is 1.31. The standard InChI is InChI=1S/C11H9N5O2/c17-16(18)11-6-2-1-4-10(11)5-3-7-14-15-8-12-13-9-15/h1-9H. The third-order valence-corrected chi connectivity index (χ3v) is 2.10. The van der Waals surface area contributed by atoms with Gasteiger partial charge in [-0.15, -0.1) is 10.2 Å². The number of aromatic nitrogens is 3. The molecule has 0 spiro atoms. The Bertz CT molecular complexity index is 589. The number of hydrogen-bond donors (Lipinski definition) is 0. The van der Waals surface area contributed by atoms with Crippen LogP contribution in [-0.2, 0) is 0 Å². The Hall–Kier alpha value is -2.83. The third-order valence-electron chi connectivity index (χ3n) is 2.10. The van der Waals surface area contributed by atoms with E-state index in [1.165, 1.54) is 29.6 Å². The van der Waals surface area contributed by atoms with Crippen LogP contribution >= 0.6 is 0 Å². The second-order valence-corrected chi connectivity index (χ2v) is 3.28. The van der Waals surface area contributed by atoms with Crippen molar-refractivity contribution < 1.29 is 4.92 Å². The van der Waals surface area contributed by atoms with Gasteiger partial charge in [-0.1, -0.05) is 12.1 Å². The van der Waals surface area contributed by atoms with Crippen LogP contribution in [0.2, 0.25) is 0 Å². The molecule has 0 aliphatic heterocycles. The number of nitrogens with zero attached hydrogens (tertiary/aromatic N) is 5. The highest BCUT2D eigenvalue weighted by molar-refractivity contribution is 5.79. The Balaban J connectivity index is 2.12. The predicted octanol–water partition coefficient (Wildman–Crippen LogP) is 1.73. The second-order valence-electron chi connectivity index (χ2n) is 3.28. The topological polar surface area (TPSA) is 86.2 Å². The van der Waals surface area contributed by atoms with Gasteiger partial charge in [-0.2, -0.15) is 5.10 Å². The van der Waals surface area contributed by atoms with Crippen molar-refractivity contribution in [3.63, 3.8) is 0 Å². The summed E-state index contributed by atoms with van der Waals surface area (Å²) < 4.78 is 1.42. The molecule has 1 aromatic heterocycles. The number of para-hydroxylation sites is 1. The molecule has 1 heterocycles. The van der Waals surface area contributed by atoms with Gasteiger partial charge in [0.25, 0.3) is 5.69 Å². The van der Waals surface area contributed by atoms with Crippen LogP contribution in [0.15, 0.2) is 48.1 Å². The predicted molar refractivity (Wildman–Crippen MR) is 66.0 cm³/mol. The van der Waals surface area contributed by atoms with Gasteiger partial charge in [0.1, 0.15) is 12.7 Å². The van der Waals surface area contributed by atoms with E-state index in [9.17, 15) is 10.1 Å². The lowest BCUT2D eigenvalue weighted by molar-refractivity contribution is -0.385. The van der Waals surface area contributed by atoms with E-state index in [1.54, 1.807) is 30.4 Å². The maximum Gasteiger partial charge on any atom is 0.276 e. The van der Waals surface area contributed by atoms with E-state index in [-0.39, 0.29) is 5.69 Å². The van der Waals surface area contributed by atoms with Crippen LogP contribution in [0.1, 0.15) is 5.56 Å². The summed E-state index contributed by atoms with van der Waals surface area (Å²) in [6.45, 7) is 0. The molecule has 1 aromatic carbocycles. The van der Waals surface area contributed by atoms with E-state index in [0.717, 1.165) is 0 Å². The first kappa shape index (κ1) is 11.6. The number of hydrogen-bond acceptors (Lipinski definition) is 5. The lowest BCUT2D eigenvalue weighted by atomic mass is 10.2. The van der Waals surface area contributed by atoms with Gasteiger partial charge in [-0.3, -0.25) is 10.1 Å². The Morgan fingerprint density at radius 1 is 1.28 bits per heavy atom. The maximum absolute atomic E-state index is 10.8. The molecule has 2 aromatic rings. The summed E-state index contributed by atoms with van der Waals surface area (Å²) in [4.78, 5) is 10.3. The maximum atomic E-state index is 10.8. The van der Waals surface area contributed by atoms with Crippen molar-refractivity contribution in [1.29, 1.82) is 0 Å². The molecule has 0 aliphatic rings. The van der Waals surface area contributed by atoms with Crippen LogP contribution in [0.5, 0.6) is 0 Å². The Morgan fingerprint density at radius 3 is 2.72 bits per heavy atom. The molecule has 7 nitrogen and oxygen atoms in total. The van der Waals surface area contributed by atoms with E-state index in [0.29, 0.717) is 5.56 Å². The van der Waals surface area contributed by atoms with Gasteiger partial charge < -0.3 is 0 Å². The van der Waals surface area contributed by atoms with Crippen LogP contribution in [0.4, 0.5) is 5.69 Å². The fourth-order valence-corrected chi connectivity index (χ4v) is 1.31. The number of benzene rings is 1. The summed E-state index contributed by atoms with van der Waals surface area (Å²) >= 11 is 0. The molecule has 0 amide bonds. The van der Waals surface area contributed by atoms with Crippen molar-refractivity contribution >= 4 is 18.0 Å². The molecular weight excluding hydrogens is 234 g/mol. The van der Waals surface area contributed by atoms with Crippen molar-refractivity contribution in [3.8, 4) is 0 Å². The summed E-state index contributed by atoms with van der Waals surface area (Å²) in [7, 11) is 0. The molecule has 0 saturated carbocycles. The average molecular weight is 243 g/mol. The summed E-state index contributed by atoms with van der Waals surface area (Å²) in [5.41, 5.74) is 0.587. The van der Waals surface area contributed by atoms with Gasteiger partial charge in [0.15, 0.2) is 0 Å². The molecule has 0 bridgehead atoms. The van der Waals surface area contributed by atoms with Crippen LogP contribution < -0.4 is 0 Å². The molecular formula is C11H9N5O2. The van der Waals surface area contributed by atoms with Gasteiger partial charge >= 0.3 is 0 Å². The minimum absolute atomic E-state index is 0.0615. The molecule has 90 valence electrons. The van der Waals surface area contributed by atoms with Crippen molar-refractivity contribution in [2.24, 2.45) is 5.10 Å². The molecule has 0 N–H and O–H groups in total. The zero-order chi connectivity index (χ0) is 12.8. The molecule has 2 rings (SSSR count). The quantitative estimate of drug-likeness (QED) is 0.465. The van der Waals surface area contributed by atoms with Crippen LogP contribution in [0, 0.1) is 10.1 Å². The summed E-state index contributed by atoms with van der Waals surface area (Å²) in [6.07, 6.45) is 7.61. The smallest absolute Gasteiger partial charge is 0.258 e. The minimum Gasteiger partial charge on any atom is -0.258 e. The first-order valence-corrected chi connectivity index (χ1v) is 5.06. The van der Waals surface area contributed by atoms with Crippen molar-refractivity contribution in [2.45, 2.75) is 0 Å². The lowest BCUT2D eigenvalue weighted by Gasteiger charge is -1.95. The van der Waals surface area contributed by atoms with Gasteiger partial charge in [0.05, 0.1) is 10.5 Å². The molecule has 18 heavy (non-hydrogen) atoms. The first-order valence-electron chi connectivity index (χ1n) is 5.06. The molecule has 0 unspecified atom stereocenters. The fraction of sp³-hybridized carbons (Fsp3) is 0. The van der Waals surface area contributed by atoms with Crippen molar-refractivity contribution in [1.82, 2.24) is 14.9 Å². The Kier molecular flexibility index (Phi) is 3.55. The minimum atomic E-state index is -0.420. The SMILES string of the molecule is O=[N+]([O-])c1ccccc1C=CC=Nn1cnnc1. The van der Waals surface area contributed by atoms with Crippen LogP contribution in [0.3, 0.4) is 0 Å². The highest BCUT2D eigenvalue weighted by atomic mass is 16.6. The summed E-state index contributed by atoms with van der Waals surface area (Å²) in [5, 5.41) is 21.9. The summed E-state index contributed by atoms with van der Waals surface area (Å²) in [6, 6.07) is 6.49. The molecule has 0 atom stereocenters. The number of nitro benzene ring substituents is 1. The van der Waals surface area contributed by atoms with Gasteiger partial charge in [-0.05, 0) is 18.2 Å². The van der Waals surface area contributed by atoms with Crippen molar-refractivity contribution in [3.05, 3.63) is 58.7 Å². The zero-order valence-electron chi connectivity index (χ0n) is 9.25. The largest absolute Gasteiger partial charge is 0.276 e. The van der Waals surface area contributed by atoms with E-state index in [1.807, 2.05) is 0 Å². The Morgan fingerprint density at radius 2 is 2.00 bits per heavy atom. The first-order chi connectivity index (χ1) is 8.77. The average Bonchev–Trinajstić information content (AvgIpc) is 2.88. The highest BCUT2D eigenvalue weighted by Gasteiger charge is 2.08. The van der Waals surface area contributed by atoms with Crippen molar-refractivity contribution in [2.75, 3.05) is 0 Å². The van der Waals surface area contributed by atoms with E-state index < -0.39 is 4.92 Å². The Labute approximate surface area is 102 Å². The number of allylic oxidation sites excluding steroid dienone is 1. The highest BCUT2D eigenvalue weighted by Crippen LogP contribution is 2.18. The zero-order valence-corrected chi connectivity index (χ0v) is 9.25. The molecule has 0 aliphatic carbocycles. The van der Waals surface area contributed by atoms with Gasteiger partial charge in [0.2, 0.25) is 0 Å². The number of nitro groups is 1. The van der Waals surface area contributed by atoms with E-state index in [4.69, 9.17) is 0 Å². The molecule has 0 radical (unpaired) electrons. The number of rotatable bonds is 4. The monoisotopic (exact) mass is 243 g/mol. The lowest BCUT2D eigenvalue weighted by Crippen LogP contribution is -1.90. The molecule has 0 saturated heterocycles. The second kappa shape index (κ2) is 5.48. The van der Waals surface area contributed by atoms with Gasteiger partial charge in [0, 0.05) is 12.3 Å². The van der Waals surface area contributed by atoms with E-state index >= 15 is 0 Å². The molecule has 0 fully saturated rings. The van der Waals surface area contributed by atoms with Crippen LogP contribution in [0.25, 0.3) is 6.08 Å².